The van der Waals surface area contributed by atoms with Gasteiger partial charge in [-0.05, 0) is 87.7 Å². The molecule has 0 aliphatic carbocycles. The van der Waals surface area contributed by atoms with Gasteiger partial charge in [-0.3, -0.25) is 4.98 Å². The van der Waals surface area contributed by atoms with E-state index in [0.29, 0.717) is 37.4 Å². The Labute approximate surface area is 241 Å². The van der Waals surface area contributed by atoms with Crippen LogP contribution in [0.4, 0.5) is 4.79 Å². The van der Waals surface area contributed by atoms with Crippen molar-refractivity contribution in [2.24, 2.45) is 11.8 Å². The Bertz CT molecular complexity index is 1140. The Kier molecular flexibility index (Phi) is 10.3. The van der Waals surface area contributed by atoms with Crippen LogP contribution in [0.3, 0.4) is 0 Å². The summed E-state index contributed by atoms with van der Waals surface area (Å²) in [5.41, 5.74) is 0.793. The van der Waals surface area contributed by atoms with E-state index in [-0.39, 0.29) is 23.0 Å². The Morgan fingerprint density at radius 2 is 1.85 bits per heavy atom. The predicted molar refractivity (Wildman–Crippen MR) is 161 cm³/mol. The molecule has 0 bridgehead atoms. The van der Waals surface area contributed by atoms with Gasteiger partial charge in [0, 0.05) is 25.1 Å². The fourth-order valence-electron chi connectivity index (χ4n) is 5.06. The zero-order valence-electron chi connectivity index (χ0n) is 25.9. The summed E-state index contributed by atoms with van der Waals surface area (Å²) in [7, 11) is -0.342. The third-order valence-corrected chi connectivity index (χ3v) is 13.0. The van der Waals surface area contributed by atoms with Crippen molar-refractivity contribution in [1.82, 2.24) is 9.88 Å². The number of aliphatic hydroxyl groups excluding tert-OH is 2. The number of pyridine rings is 1. The smallest absolute Gasteiger partial charge is 0.410 e. The Balaban J connectivity index is 1.76. The number of amides is 1. The van der Waals surface area contributed by atoms with Crippen molar-refractivity contribution in [3.8, 4) is 5.75 Å². The number of carbonyl (C=O) groups excluding carboxylic acids is 1. The maximum atomic E-state index is 12.9. The molecule has 2 N–H and O–H groups in total. The number of hydrogen-bond acceptors (Lipinski definition) is 7. The number of ether oxygens (including phenoxy) is 2. The number of piperidine rings is 1. The molecule has 2 aromatic rings. The first kappa shape index (κ1) is 32.3. The molecule has 8 nitrogen and oxygen atoms in total. The molecular formula is C31H50N2O6Si. The van der Waals surface area contributed by atoms with Gasteiger partial charge in [0.1, 0.15) is 17.5 Å². The SMILES string of the molecule is COc1cnc2cccc([C@@H](O)[C@H](O)C[C@@H]3CCN(C(=O)OC(C)(C)C)C[C@@H]3CCO[Si](C)(C)C(C)(C)C)c2c1. The fraction of sp³-hybridized carbons (Fsp3) is 0.677. The van der Waals surface area contributed by atoms with E-state index in [1.807, 2.05) is 45.0 Å². The number of fused-ring (bicyclic) bond motifs is 1. The molecule has 0 saturated carbocycles. The van der Waals surface area contributed by atoms with Crippen LogP contribution in [0.2, 0.25) is 18.1 Å². The van der Waals surface area contributed by atoms with Gasteiger partial charge in [0.2, 0.25) is 0 Å². The van der Waals surface area contributed by atoms with E-state index in [1.165, 1.54) is 0 Å². The van der Waals surface area contributed by atoms with Gasteiger partial charge in [0.05, 0.1) is 24.9 Å². The van der Waals surface area contributed by atoms with Crippen LogP contribution in [0.25, 0.3) is 10.9 Å². The quantitative estimate of drug-likeness (QED) is 0.338. The van der Waals surface area contributed by atoms with Crippen LogP contribution < -0.4 is 4.74 Å². The molecule has 1 aromatic carbocycles. The zero-order chi connectivity index (χ0) is 29.9. The highest BCUT2D eigenvalue weighted by atomic mass is 28.4. The lowest BCUT2D eigenvalue weighted by atomic mass is 9.79. The molecule has 1 aliphatic heterocycles. The minimum atomic E-state index is -1.92. The third-order valence-electron chi connectivity index (χ3n) is 8.50. The second-order valence-electron chi connectivity index (χ2n) is 13.7. The number of nitrogens with zero attached hydrogens (tertiary/aromatic N) is 2. The molecule has 1 aromatic heterocycles. The molecule has 224 valence electrons. The number of rotatable bonds is 9. The summed E-state index contributed by atoms with van der Waals surface area (Å²) in [5.74, 6) is 0.828. The Hall–Kier alpha value is -2.20. The zero-order valence-corrected chi connectivity index (χ0v) is 26.9. The van der Waals surface area contributed by atoms with Crippen LogP contribution in [-0.4, -0.2) is 73.0 Å². The van der Waals surface area contributed by atoms with Crippen molar-refractivity contribution in [2.75, 3.05) is 26.8 Å². The molecule has 0 unspecified atom stereocenters. The van der Waals surface area contributed by atoms with E-state index in [2.05, 4.69) is 38.8 Å². The molecule has 0 spiro atoms. The van der Waals surface area contributed by atoms with Gasteiger partial charge in [-0.2, -0.15) is 0 Å². The molecule has 1 fully saturated rings. The van der Waals surface area contributed by atoms with Crippen LogP contribution in [0.15, 0.2) is 30.5 Å². The first-order valence-corrected chi connectivity index (χ1v) is 17.3. The maximum absolute atomic E-state index is 12.9. The van der Waals surface area contributed by atoms with Crippen molar-refractivity contribution in [3.05, 3.63) is 36.0 Å². The van der Waals surface area contributed by atoms with Crippen LogP contribution in [0.5, 0.6) is 5.75 Å². The summed E-state index contributed by atoms with van der Waals surface area (Å²) in [6.45, 7) is 18.5. The first-order chi connectivity index (χ1) is 18.5. The molecule has 2 heterocycles. The first-order valence-electron chi connectivity index (χ1n) is 14.4. The molecule has 1 amide bonds. The van der Waals surface area contributed by atoms with E-state index in [1.54, 1.807) is 18.2 Å². The average molecular weight is 575 g/mol. The third kappa shape index (κ3) is 8.18. The minimum absolute atomic E-state index is 0.109. The number of benzene rings is 1. The van der Waals surface area contributed by atoms with E-state index in [0.717, 1.165) is 23.7 Å². The second kappa shape index (κ2) is 12.8. The Morgan fingerprint density at radius 3 is 2.48 bits per heavy atom. The van der Waals surface area contributed by atoms with Crippen LogP contribution >= 0.6 is 0 Å². The lowest BCUT2D eigenvalue weighted by Crippen LogP contribution is -2.47. The van der Waals surface area contributed by atoms with Gasteiger partial charge < -0.3 is 29.0 Å². The Morgan fingerprint density at radius 1 is 1.15 bits per heavy atom. The fourth-order valence-corrected chi connectivity index (χ4v) is 6.12. The summed E-state index contributed by atoms with van der Waals surface area (Å²) in [6, 6.07) is 7.39. The second-order valence-corrected chi connectivity index (χ2v) is 18.5. The normalized spacial score (nSPS) is 20.3. The average Bonchev–Trinajstić information content (AvgIpc) is 2.86. The molecule has 40 heavy (non-hydrogen) atoms. The van der Waals surface area contributed by atoms with E-state index in [4.69, 9.17) is 13.9 Å². The highest BCUT2D eigenvalue weighted by Crippen LogP contribution is 2.38. The molecule has 1 saturated heterocycles. The van der Waals surface area contributed by atoms with E-state index in [9.17, 15) is 15.0 Å². The topological polar surface area (TPSA) is 101 Å². The summed E-state index contributed by atoms with van der Waals surface area (Å²) < 4.78 is 17.5. The molecule has 3 rings (SSSR count). The maximum Gasteiger partial charge on any atom is 0.410 e. The van der Waals surface area contributed by atoms with Gasteiger partial charge >= 0.3 is 6.09 Å². The summed E-state index contributed by atoms with van der Waals surface area (Å²) >= 11 is 0. The molecule has 9 heteroatoms. The minimum Gasteiger partial charge on any atom is -0.495 e. The molecule has 1 aliphatic rings. The molecular weight excluding hydrogens is 524 g/mol. The lowest BCUT2D eigenvalue weighted by Gasteiger charge is -2.41. The van der Waals surface area contributed by atoms with E-state index < -0.39 is 26.1 Å². The lowest BCUT2D eigenvalue weighted by molar-refractivity contribution is -0.0215. The largest absolute Gasteiger partial charge is 0.495 e. The number of likely N-dealkylation sites (tertiary alicyclic amines) is 1. The van der Waals surface area contributed by atoms with Crippen molar-refractivity contribution >= 4 is 25.3 Å². The van der Waals surface area contributed by atoms with Gasteiger partial charge in [0.15, 0.2) is 8.32 Å². The molecule has 0 radical (unpaired) electrons. The van der Waals surface area contributed by atoms with Gasteiger partial charge in [-0.1, -0.05) is 32.9 Å². The number of hydrogen-bond donors (Lipinski definition) is 2. The number of carbonyl (C=O) groups is 1. The van der Waals surface area contributed by atoms with Gasteiger partial charge in [-0.15, -0.1) is 0 Å². The number of aliphatic hydroxyl groups is 2. The van der Waals surface area contributed by atoms with Crippen LogP contribution in [0.1, 0.15) is 72.5 Å². The molecule has 4 atom stereocenters. The standard InChI is InChI=1S/C31H50N2O6Si/c1-30(2,3)39-29(36)33-15-13-21(22(20-33)14-16-38-40(8,9)31(4,5)6)17-27(34)28(35)24-11-10-12-26-25(24)18-23(37-7)19-32-26/h10-12,18-19,21-22,27-28,34-35H,13-17,20H2,1-9H3/t21-,22-,27+,28+/m0/s1. The summed E-state index contributed by atoms with van der Waals surface area (Å²) in [6.07, 6.45) is 1.20. The number of methoxy groups -OCH3 is 1. The van der Waals surface area contributed by atoms with E-state index >= 15 is 0 Å². The van der Waals surface area contributed by atoms with Crippen LogP contribution in [0, 0.1) is 11.8 Å². The van der Waals surface area contributed by atoms with Crippen molar-refractivity contribution < 1.29 is 28.9 Å². The highest BCUT2D eigenvalue weighted by Gasteiger charge is 2.39. The summed E-state index contributed by atoms with van der Waals surface area (Å²) in [5, 5.41) is 23.4. The van der Waals surface area contributed by atoms with Crippen molar-refractivity contribution in [1.29, 1.82) is 0 Å². The van der Waals surface area contributed by atoms with Gasteiger partial charge in [0.25, 0.3) is 0 Å². The van der Waals surface area contributed by atoms with Crippen LogP contribution in [-0.2, 0) is 9.16 Å². The number of aromatic nitrogens is 1. The highest BCUT2D eigenvalue weighted by molar-refractivity contribution is 6.74. The predicted octanol–water partition coefficient (Wildman–Crippen LogP) is 6.31. The monoisotopic (exact) mass is 574 g/mol. The van der Waals surface area contributed by atoms with Crippen molar-refractivity contribution in [2.45, 2.75) is 96.7 Å². The van der Waals surface area contributed by atoms with Crippen molar-refractivity contribution in [3.63, 3.8) is 0 Å². The summed E-state index contributed by atoms with van der Waals surface area (Å²) in [4.78, 5) is 19.1. The van der Waals surface area contributed by atoms with Gasteiger partial charge in [-0.25, -0.2) is 4.79 Å².